The van der Waals surface area contributed by atoms with E-state index < -0.39 is 0 Å². The molecule has 94 valence electrons. The summed E-state index contributed by atoms with van der Waals surface area (Å²) >= 11 is 5.14. The van der Waals surface area contributed by atoms with Crippen LogP contribution in [0.5, 0.6) is 0 Å². The number of aromatic nitrogens is 4. The average Bonchev–Trinajstić information content (AvgIpc) is 3.16. The van der Waals surface area contributed by atoms with Crippen molar-refractivity contribution in [2.45, 2.75) is 18.8 Å². The van der Waals surface area contributed by atoms with E-state index >= 15 is 0 Å². The third kappa shape index (κ3) is 2.04. The minimum atomic E-state index is 0.631. The SMILES string of the molecule is Brc1ccc2ncnc(-c3nnc(C4CC4)s3)c2c1. The molecule has 1 aromatic carbocycles. The highest BCUT2D eigenvalue weighted by Gasteiger charge is 2.28. The van der Waals surface area contributed by atoms with Crippen molar-refractivity contribution < 1.29 is 0 Å². The van der Waals surface area contributed by atoms with Crippen molar-refractivity contribution in [3.05, 3.63) is 34.0 Å². The van der Waals surface area contributed by atoms with Gasteiger partial charge in [0.15, 0.2) is 5.01 Å². The molecular weight excluding hydrogens is 324 g/mol. The molecule has 0 N–H and O–H groups in total. The molecule has 1 saturated carbocycles. The van der Waals surface area contributed by atoms with Gasteiger partial charge in [0.2, 0.25) is 0 Å². The molecule has 4 nitrogen and oxygen atoms in total. The zero-order valence-corrected chi connectivity index (χ0v) is 12.3. The summed E-state index contributed by atoms with van der Waals surface area (Å²) in [4.78, 5) is 8.67. The molecule has 0 amide bonds. The Hall–Kier alpha value is -1.40. The molecule has 0 spiro atoms. The molecule has 0 aliphatic heterocycles. The second-order valence-corrected chi connectivity index (χ2v) is 6.53. The van der Waals surface area contributed by atoms with E-state index in [1.807, 2.05) is 18.2 Å². The summed E-state index contributed by atoms with van der Waals surface area (Å²) in [7, 11) is 0. The third-order valence-electron chi connectivity index (χ3n) is 3.17. The topological polar surface area (TPSA) is 51.6 Å². The Morgan fingerprint density at radius 3 is 2.89 bits per heavy atom. The van der Waals surface area contributed by atoms with Gasteiger partial charge in [0.05, 0.1) is 5.52 Å². The van der Waals surface area contributed by atoms with E-state index in [2.05, 4.69) is 36.1 Å². The minimum Gasteiger partial charge on any atom is -0.236 e. The molecule has 2 aromatic heterocycles. The lowest BCUT2D eigenvalue weighted by Gasteiger charge is -2.01. The molecule has 19 heavy (non-hydrogen) atoms. The molecule has 0 bridgehead atoms. The lowest BCUT2D eigenvalue weighted by Crippen LogP contribution is -1.88. The zero-order valence-electron chi connectivity index (χ0n) is 9.88. The Bertz CT molecular complexity index is 766. The van der Waals surface area contributed by atoms with Gasteiger partial charge in [-0.05, 0) is 31.0 Å². The van der Waals surface area contributed by atoms with Crippen LogP contribution in [0.2, 0.25) is 0 Å². The summed E-state index contributed by atoms with van der Waals surface area (Å²) in [5.41, 5.74) is 1.80. The monoisotopic (exact) mass is 332 g/mol. The molecule has 0 saturated heterocycles. The number of benzene rings is 1. The molecule has 0 atom stereocenters. The van der Waals surface area contributed by atoms with Gasteiger partial charge in [0.1, 0.15) is 17.0 Å². The summed E-state index contributed by atoms with van der Waals surface area (Å²) in [5, 5.41) is 11.6. The highest BCUT2D eigenvalue weighted by molar-refractivity contribution is 9.10. The Morgan fingerprint density at radius 2 is 2.05 bits per heavy atom. The number of hydrogen-bond acceptors (Lipinski definition) is 5. The molecular formula is C13H9BrN4S. The van der Waals surface area contributed by atoms with Gasteiger partial charge in [-0.25, -0.2) is 9.97 Å². The van der Waals surface area contributed by atoms with Crippen LogP contribution in [0.4, 0.5) is 0 Å². The van der Waals surface area contributed by atoms with Gasteiger partial charge in [-0.1, -0.05) is 27.3 Å². The van der Waals surface area contributed by atoms with Crippen LogP contribution in [0.1, 0.15) is 23.8 Å². The summed E-state index contributed by atoms with van der Waals surface area (Å²) in [5.74, 6) is 0.631. The van der Waals surface area contributed by atoms with Gasteiger partial charge in [-0.15, -0.1) is 10.2 Å². The Labute approximate surface area is 122 Å². The Kier molecular flexibility index (Phi) is 2.60. The van der Waals surface area contributed by atoms with Gasteiger partial charge in [0.25, 0.3) is 0 Å². The fraction of sp³-hybridized carbons (Fsp3) is 0.231. The highest BCUT2D eigenvalue weighted by Crippen LogP contribution is 2.43. The first-order valence-corrected chi connectivity index (χ1v) is 7.66. The maximum Gasteiger partial charge on any atom is 0.167 e. The van der Waals surface area contributed by atoms with E-state index in [9.17, 15) is 0 Å². The van der Waals surface area contributed by atoms with Crippen LogP contribution in [0, 0.1) is 0 Å². The summed E-state index contributed by atoms with van der Waals surface area (Å²) in [6.45, 7) is 0. The van der Waals surface area contributed by atoms with Crippen molar-refractivity contribution in [2.75, 3.05) is 0 Å². The van der Waals surface area contributed by atoms with E-state index in [1.165, 1.54) is 12.8 Å². The standard InChI is InChI=1S/C13H9BrN4S/c14-8-3-4-10-9(5-8)11(16-6-15-10)13-18-17-12(19-13)7-1-2-7/h3-7H,1-2H2. The molecule has 1 aliphatic rings. The van der Waals surface area contributed by atoms with Crippen molar-refractivity contribution in [2.24, 2.45) is 0 Å². The first kappa shape index (κ1) is 11.4. The van der Waals surface area contributed by atoms with Crippen molar-refractivity contribution in [3.63, 3.8) is 0 Å². The first-order valence-electron chi connectivity index (χ1n) is 6.05. The summed E-state index contributed by atoms with van der Waals surface area (Å²) in [6.07, 6.45) is 4.07. The number of fused-ring (bicyclic) bond motifs is 1. The zero-order chi connectivity index (χ0) is 12.8. The maximum atomic E-state index is 4.39. The fourth-order valence-corrected chi connectivity index (χ4v) is 3.41. The van der Waals surface area contributed by atoms with Crippen LogP contribution >= 0.6 is 27.3 Å². The van der Waals surface area contributed by atoms with E-state index in [0.717, 1.165) is 31.1 Å². The molecule has 1 aliphatic carbocycles. The number of nitrogens with zero attached hydrogens (tertiary/aromatic N) is 4. The van der Waals surface area contributed by atoms with Gasteiger partial charge in [0, 0.05) is 15.8 Å². The van der Waals surface area contributed by atoms with Gasteiger partial charge < -0.3 is 0 Å². The first-order chi connectivity index (χ1) is 9.31. The summed E-state index contributed by atoms with van der Waals surface area (Å²) in [6, 6.07) is 5.99. The molecule has 1 fully saturated rings. The van der Waals surface area contributed by atoms with E-state index in [4.69, 9.17) is 0 Å². The number of hydrogen-bond donors (Lipinski definition) is 0. The Balaban J connectivity index is 1.90. The average molecular weight is 333 g/mol. The summed E-state index contributed by atoms with van der Waals surface area (Å²) < 4.78 is 1.02. The van der Waals surface area contributed by atoms with Crippen molar-refractivity contribution >= 4 is 38.2 Å². The van der Waals surface area contributed by atoms with Gasteiger partial charge in [-0.2, -0.15) is 0 Å². The van der Waals surface area contributed by atoms with E-state index in [1.54, 1.807) is 17.7 Å². The number of halogens is 1. The van der Waals surface area contributed by atoms with Crippen LogP contribution in [0.15, 0.2) is 29.0 Å². The van der Waals surface area contributed by atoms with Gasteiger partial charge >= 0.3 is 0 Å². The minimum absolute atomic E-state index is 0.631. The predicted octanol–water partition coefficient (Wildman–Crippen LogP) is 3.79. The van der Waals surface area contributed by atoms with Crippen LogP contribution in [-0.2, 0) is 0 Å². The molecule has 3 aromatic rings. The maximum absolute atomic E-state index is 4.39. The third-order valence-corrected chi connectivity index (χ3v) is 4.75. The van der Waals surface area contributed by atoms with Crippen molar-refractivity contribution in [1.29, 1.82) is 0 Å². The van der Waals surface area contributed by atoms with Crippen LogP contribution in [0.3, 0.4) is 0 Å². The van der Waals surface area contributed by atoms with Gasteiger partial charge in [-0.3, -0.25) is 0 Å². The largest absolute Gasteiger partial charge is 0.236 e. The van der Waals surface area contributed by atoms with Crippen molar-refractivity contribution in [1.82, 2.24) is 20.2 Å². The normalized spacial score (nSPS) is 15.0. The van der Waals surface area contributed by atoms with Crippen LogP contribution in [-0.4, -0.2) is 20.2 Å². The van der Waals surface area contributed by atoms with Crippen LogP contribution < -0.4 is 0 Å². The number of rotatable bonds is 2. The van der Waals surface area contributed by atoms with Crippen molar-refractivity contribution in [3.8, 4) is 10.7 Å². The van der Waals surface area contributed by atoms with Crippen LogP contribution in [0.25, 0.3) is 21.6 Å². The lowest BCUT2D eigenvalue weighted by molar-refractivity contribution is 0.975. The fourth-order valence-electron chi connectivity index (χ4n) is 2.02. The Morgan fingerprint density at radius 1 is 1.16 bits per heavy atom. The second kappa shape index (κ2) is 4.31. The lowest BCUT2D eigenvalue weighted by atomic mass is 10.2. The molecule has 0 unspecified atom stereocenters. The quantitative estimate of drug-likeness (QED) is 0.716. The van der Waals surface area contributed by atoms with E-state index in [0.29, 0.717) is 5.92 Å². The highest BCUT2D eigenvalue weighted by atomic mass is 79.9. The molecule has 4 rings (SSSR count). The molecule has 0 radical (unpaired) electrons. The second-order valence-electron chi connectivity index (χ2n) is 4.60. The predicted molar refractivity (Wildman–Crippen MR) is 78.1 cm³/mol. The van der Waals surface area contributed by atoms with E-state index in [-0.39, 0.29) is 0 Å². The smallest absolute Gasteiger partial charge is 0.167 e. The molecule has 6 heteroatoms. The molecule has 2 heterocycles.